The van der Waals surface area contributed by atoms with E-state index in [0.717, 1.165) is 17.7 Å². The summed E-state index contributed by atoms with van der Waals surface area (Å²) in [6.07, 6.45) is 0.0651. The summed E-state index contributed by atoms with van der Waals surface area (Å²) in [7, 11) is 3.29. The molecule has 0 aliphatic rings. The number of tetrazole rings is 1. The fraction of sp³-hybridized carbons (Fsp3) is 0.130. The Morgan fingerprint density at radius 1 is 0.943 bits per heavy atom. The highest BCUT2D eigenvalue weighted by Gasteiger charge is 2.30. The molecule has 3 aromatic heterocycles. The van der Waals surface area contributed by atoms with E-state index in [4.69, 9.17) is 0 Å². The van der Waals surface area contributed by atoms with Crippen molar-refractivity contribution in [2.45, 2.75) is 6.18 Å². The first-order chi connectivity index (χ1) is 16.7. The first-order valence-electron chi connectivity index (χ1n) is 10.3. The summed E-state index contributed by atoms with van der Waals surface area (Å²) < 4.78 is 40.3. The van der Waals surface area contributed by atoms with E-state index in [9.17, 15) is 18.0 Å². The number of aromatic nitrogens is 7. The predicted octanol–water partition coefficient (Wildman–Crippen LogP) is 3.88. The topological polar surface area (TPSA) is 94.1 Å². The average molecular weight is 478 g/mol. The highest BCUT2D eigenvalue weighted by atomic mass is 19.4. The van der Waals surface area contributed by atoms with Crippen LogP contribution >= 0.6 is 0 Å². The number of carbonyl (C=O) groups is 1. The number of fused-ring (bicyclic) bond motifs is 1. The van der Waals surface area contributed by atoms with Crippen molar-refractivity contribution < 1.29 is 18.0 Å². The summed E-state index contributed by atoms with van der Waals surface area (Å²) in [4.78, 5) is 24.4. The van der Waals surface area contributed by atoms with Gasteiger partial charge in [-0.3, -0.25) is 9.20 Å². The van der Waals surface area contributed by atoms with Crippen LogP contribution in [0.15, 0.2) is 67.1 Å². The summed E-state index contributed by atoms with van der Waals surface area (Å²) in [5, 5.41) is 11.9. The number of benzene rings is 2. The molecule has 0 bridgehead atoms. The zero-order valence-electron chi connectivity index (χ0n) is 18.5. The molecule has 12 heteroatoms. The molecule has 176 valence electrons. The molecular weight excluding hydrogens is 461 g/mol. The van der Waals surface area contributed by atoms with Crippen LogP contribution < -0.4 is 4.90 Å². The maximum atomic E-state index is 13.1. The molecule has 0 fully saturated rings. The molecule has 0 aliphatic heterocycles. The molecule has 0 N–H and O–H groups in total. The third kappa shape index (κ3) is 4.21. The van der Waals surface area contributed by atoms with Crippen molar-refractivity contribution in [3.05, 3.63) is 78.4 Å². The molecule has 5 rings (SSSR count). The Labute approximate surface area is 196 Å². The van der Waals surface area contributed by atoms with E-state index < -0.39 is 11.7 Å². The normalized spacial score (nSPS) is 11.7. The standard InChI is InChI=1S/C23H17F3N8O/c1-32(17-9-5-15(6-10-17)21-29-31-33(2)30-21)22(35)18-13-34-19(11-28-20(34)12-27-18)14-3-7-16(8-4-14)23(24,25)26/h3-13H,1-2H3. The van der Waals surface area contributed by atoms with Crippen LogP contribution in [-0.4, -0.2) is 47.5 Å². The number of hydrogen-bond acceptors (Lipinski definition) is 6. The summed E-state index contributed by atoms with van der Waals surface area (Å²) in [6, 6.07) is 11.8. The first kappa shape index (κ1) is 22.2. The third-order valence-electron chi connectivity index (χ3n) is 5.45. The van der Waals surface area contributed by atoms with Crippen LogP contribution in [0.25, 0.3) is 28.3 Å². The highest BCUT2D eigenvalue weighted by Crippen LogP contribution is 2.31. The van der Waals surface area contributed by atoms with Gasteiger partial charge in [-0.05, 0) is 41.6 Å². The van der Waals surface area contributed by atoms with E-state index in [1.165, 1.54) is 40.4 Å². The van der Waals surface area contributed by atoms with E-state index in [-0.39, 0.29) is 11.6 Å². The molecule has 0 saturated heterocycles. The molecule has 0 saturated carbocycles. The number of rotatable bonds is 4. The van der Waals surface area contributed by atoms with Gasteiger partial charge in [-0.15, -0.1) is 10.2 Å². The Bertz CT molecular complexity index is 1520. The van der Waals surface area contributed by atoms with Crippen molar-refractivity contribution in [1.82, 2.24) is 34.6 Å². The van der Waals surface area contributed by atoms with Crippen molar-refractivity contribution in [3.63, 3.8) is 0 Å². The number of alkyl halides is 3. The Morgan fingerprint density at radius 2 is 1.63 bits per heavy atom. The lowest BCUT2D eigenvalue weighted by molar-refractivity contribution is -0.137. The molecule has 0 aliphatic carbocycles. The fourth-order valence-electron chi connectivity index (χ4n) is 3.57. The number of aryl methyl sites for hydroxylation is 1. The Hall–Kier alpha value is -4.61. The Morgan fingerprint density at radius 3 is 2.26 bits per heavy atom. The Balaban J connectivity index is 1.42. The van der Waals surface area contributed by atoms with Gasteiger partial charge in [0.15, 0.2) is 5.65 Å². The Kier molecular flexibility index (Phi) is 5.27. The molecule has 1 amide bonds. The third-order valence-corrected chi connectivity index (χ3v) is 5.45. The van der Waals surface area contributed by atoms with Gasteiger partial charge in [0.1, 0.15) is 5.69 Å². The van der Waals surface area contributed by atoms with Crippen LogP contribution in [0.2, 0.25) is 0 Å². The number of halogens is 3. The van der Waals surface area contributed by atoms with Crippen LogP contribution in [0.4, 0.5) is 18.9 Å². The molecule has 0 spiro atoms. The molecule has 0 atom stereocenters. The molecule has 3 heterocycles. The monoisotopic (exact) mass is 478 g/mol. The molecular formula is C23H17F3N8O. The number of imidazole rings is 1. The number of anilines is 1. The minimum Gasteiger partial charge on any atom is -0.310 e. The average Bonchev–Trinajstić information content (AvgIpc) is 3.48. The minimum atomic E-state index is -4.42. The number of carbonyl (C=O) groups excluding carboxylic acids is 1. The second-order valence-corrected chi connectivity index (χ2v) is 7.73. The van der Waals surface area contributed by atoms with Gasteiger partial charge >= 0.3 is 6.18 Å². The largest absolute Gasteiger partial charge is 0.416 e. The zero-order valence-corrected chi connectivity index (χ0v) is 18.5. The maximum Gasteiger partial charge on any atom is 0.416 e. The molecule has 0 unspecified atom stereocenters. The lowest BCUT2D eigenvalue weighted by atomic mass is 10.1. The summed E-state index contributed by atoms with van der Waals surface area (Å²) in [5.41, 5.74) is 2.30. The van der Waals surface area contributed by atoms with Crippen molar-refractivity contribution in [3.8, 4) is 22.6 Å². The fourth-order valence-corrected chi connectivity index (χ4v) is 3.57. The highest BCUT2D eigenvalue weighted by molar-refractivity contribution is 6.04. The molecule has 5 aromatic rings. The van der Waals surface area contributed by atoms with Gasteiger partial charge in [-0.1, -0.05) is 12.1 Å². The van der Waals surface area contributed by atoms with E-state index in [1.54, 1.807) is 42.8 Å². The molecule has 35 heavy (non-hydrogen) atoms. The van der Waals surface area contributed by atoms with Crippen molar-refractivity contribution in [1.29, 1.82) is 0 Å². The van der Waals surface area contributed by atoms with E-state index >= 15 is 0 Å². The maximum absolute atomic E-state index is 13.1. The zero-order chi connectivity index (χ0) is 24.7. The molecule has 2 aromatic carbocycles. The van der Waals surface area contributed by atoms with Crippen LogP contribution in [-0.2, 0) is 13.2 Å². The van der Waals surface area contributed by atoms with Gasteiger partial charge in [-0.2, -0.15) is 18.0 Å². The van der Waals surface area contributed by atoms with Crippen LogP contribution in [0.1, 0.15) is 16.1 Å². The van der Waals surface area contributed by atoms with Crippen molar-refractivity contribution in [2.75, 3.05) is 11.9 Å². The lowest BCUT2D eigenvalue weighted by Crippen LogP contribution is -2.27. The summed E-state index contributed by atoms with van der Waals surface area (Å²) in [5.74, 6) is 0.0976. The van der Waals surface area contributed by atoms with Gasteiger partial charge in [0, 0.05) is 30.1 Å². The smallest absolute Gasteiger partial charge is 0.310 e. The first-order valence-corrected chi connectivity index (χ1v) is 10.3. The van der Waals surface area contributed by atoms with Crippen LogP contribution in [0, 0.1) is 0 Å². The van der Waals surface area contributed by atoms with Gasteiger partial charge < -0.3 is 4.90 Å². The number of hydrogen-bond donors (Lipinski definition) is 0. The lowest BCUT2D eigenvalue weighted by Gasteiger charge is -2.17. The second-order valence-electron chi connectivity index (χ2n) is 7.73. The van der Waals surface area contributed by atoms with Crippen molar-refractivity contribution in [2.24, 2.45) is 7.05 Å². The second kappa shape index (κ2) is 8.31. The van der Waals surface area contributed by atoms with E-state index in [1.807, 2.05) is 0 Å². The van der Waals surface area contributed by atoms with Crippen LogP contribution in [0.5, 0.6) is 0 Å². The molecule has 9 nitrogen and oxygen atoms in total. The SMILES string of the molecule is CN(C(=O)c1cn2c(-c3ccc(C(F)(F)F)cc3)cnc2cn1)c1ccc(-c2nnn(C)n2)cc1. The van der Waals surface area contributed by atoms with Gasteiger partial charge in [0.2, 0.25) is 5.82 Å². The van der Waals surface area contributed by atoms with Crippen molar-refractivity contribution >= 4 is 17.2 Å². The van der Waals surface area contributed by atoms with E-state index in [0.29, 0.717) is 28.4 Å². The number of nitrogens with zero attached hydrogens (tertiary/aromatic N) is 8. The van der Waals surface area contributed by atoms with Gasteiger partial charge in [0.05, 0.1) is 30.7 Å². The quantitative estimate of drug-likeness (QED) is 0.389. The summed E-state index contributed by atoms with van der Waals surface area (Å²) >= 11 is 0. The van der Waals surface area contributed by atoms with Gasteiger partial charge in [-0.25, -0.2) is 9.97 Å². The summed E-state index contributed by atoms with van der Waals surface area (Å²) in [6.45, 7) is 0. The minimum absolute atomic E-state index is 0.144. The van der Waals surface area contributed by atoms with Gasteiger partial charge in [0.25, 0.3) is 5.91 Å². The number of amides is 1. The van der Waals surface area contributed by atoms with Crippen LogP contribution in [0.3, 0.4) is 0 Å². The van der Waals surface area contributed by atoms with E-state index in [2.05, 4.69) is 25.4 Å². The predicted molar refractivity (Wildman–Crippen MR) is 120 cm³/mol. The molecule has 0 radical (unpaired) electrons.